The van der Waals surface area contributed by atoms with Crippen molar-refractivity contribution in [2.75, 3.05) is 25.5 Å². The number of rotatable bonds is 1. The first-order chi connectivity index (χ1) is 9.72. The standard InChI is InChI=1S/C17H17N3/c1-20(2)16-7-4-13(5-8-16)3-6-15-11-14-9-10-18-12-17(14)19-15/h4-5,7-9,11-12,18-19H,10H2,1-2H3. The van der Waals surface area contributed by atoms with Gasteiger partial charge in [-0.15, -0.1) is 0 Å². The molecule has 0 saturated heterocycles. The monoisotopic (exact) mass is 263 g/mol. The molecule has 3 nitrogen and oxygen atoms in total. The van der Waals surface area contributed by atoms with E-state index in [4.69, 9.17) is 0 Å². The van der Waals surface area contributed by atoms with Crippen LogP contribution in [0.1, 0.15) is 11.3 Å². The zero-order valence-electron chi connectivity index (χ0n) is 11.7. The van der Waals surface area contributed by atoms with Crippen LogP contribution < -0.4 is 20.8 Å². The van der Waals surface area contributed by atoms with E-state index in [1.54, 1.807) is 0 Å². The van der Waals surface area contributed by atoms with Crippen LogP contribution in [-0.4, -0.2) is 25.6 Å². The number of hydrogen-bond acceptors (Lipinski definition) is 2. The molecule has 0 radical (unpaired) electrons. The number of H-pyrrole nitrogens is 1. The third-order valence-electron chi connectivity index (χ3n) is 3.29. The van der Waals surface area contributed by atoms with Gasteiger partial charge in [-0.2, -0.15) is 0 Å². The minimum Gasteiger partial charge on any atom is -0.386 e. The van der Waals surface area contributed by atoms with Crippen molar-refractivity contribution in [3.05, 3.63) is 52.2 Å². The fourth-order valence-corrected chi connectivity index (χ4v) is 2.15. The summed E-state index contributed by atoms with van der Waals surface area (Å²) >= 11 is 0. The zero-order chi connectivity index (χ0) is 13.9. The molecular formula is C17H17N3. The lowest BCUT2D eigenvalue weighted by molar-refractivity contribution is 1.04. The van der Waals surface area contributed by atoms with Crippen LogP contribution in [0.4, 0.5) is 5.69 Å². The Balaban J connectivity index is 1.87. The molecule has 3 rings (SSSR count). The maximum absolute atomic E-state index is 3.30. The van der Waals surface area contributed by atoms with Gasteiger partial charge < -0.3 is 15.2 Å². The largest absolute Gasteiger partial charge is 0.386 e. The summed E-state index contributed by atoms with van der Waals surface area (Å²) in [6, 6.07) is 10.3. The zero-order valence-corrected chi connectivity index (χ0v) is 11.7. The summed E-state index contributed by atoms with van der Waals surface area (Å²) < 4.78 is 0. The van der Waals surface area contributed by atoms with Crippen LogP contribution in [0.5, 0.6) is 0 Å². The Morgan fingerprint density at radius 2 is 1.90 bits per heavy atom. The van der Waals surface area contributed by atoms with Crippen molar-refractivity contribution in [2.45, 2.75) is 0 Å². The van der Waals surface area contributed by atoms with E-state index in [1.165, 1.54) is 10.9 Å². The van der Waals surface area contributed by atoms with Crippen LogP contribution in [0, 0.1) is 11.8 Å². The molecule has 20 heavy (non-hydrogen) atoms. The van der Waals surface area contributed by atoms with Crippen LogP contribution in [-0.2, 0) is 0 Å². The van der Waals surface area contributed by atoms with Gasteiger partial charge in [0.2, 0.25) is 0 Å². The highest BCUT2D eigenvalue weighted by atomic mass is 15.1. The predicted octanol–water partition coefficient (Wildman–Crippen LogP) is 0.602. The normalized spacial score (nSPS) is 12.1. The molecule has 2 N–H and O–H groups in total. The van der Waals surface area contributed by atoms with Crippen LogP contribution >= 0.6 is 0 Å². The Labute approximate surface area is 118 Å². The summed E-state index contributed by atoms with van der Waals surface area (Å²) in [4.78, 5) is 5.38. The molecule has 0 bridgehead atoms. The van der Waals surface area contributed by atoms with Gasteiger partial charge in [0.25, 0.3) is 0 Å². The average molecular weight is 263 g/mol. The topological polar surface area (TPSA) is 31.1 Å². The van der Waals surface area contributed by atoms with E-state index in [9.17, 15) is 0 Å². The highest BCUT2D eigenvalue weighted by Gasteiger charge is 1.97. The molecular weight excluding hydrogens is 246 g/mol. The van der Waals surface area contributed by atoms with Crippen molar-refractivity contribution in [1.29, 1.82) is 0 Å². The Morgan fingerprint density at radius 1 is 1.10 bits per heavy atom. The van der Waals surface area contributed by atoms with Crippen molar-refractivity contribution >= 4 is 18.0 Å². The van der Waals surface area contributed by atoms with Crippen LogP contribution in [0.2, 0.25) is 0 Å². The van der Waals surface area contributed by atoms with Crippen molar-refractivity contribution in [3.8, 4) is 11.8 Å². The van der Waals surface area contributed by atoms with Gasteiger partial charge in [-0.1, -0.05) is 12.0 Å². The molecule has 0 atom stereocenters. The van der Waals surface area contributed by atoms with E-state index in [2.05, 4.69) is 51.3 Å². The van der Waals surface area contributed by atoms with Gasteiger partial charge in [0, 0.05) is 38.1 Å². The summed E-state index contributed by atoms with van der Waals surface area (Å²) in [5, 5.41) is 5.50. The fraction of sp³-hybridized carbons (Fsp3) is 0.176. The molecule has 0 unspecified atom stereocenters. The predicted molar refractivity (Wildman–Crippen MR) is 83.7 cm³/mol. The molecule has 1 aliphatic rings. The van der Waals surface area contributed by atoms with Gasteiger partial charge in [-0.3, -0.25) is 0 Å². The number of nitrogens with zero attached hydrogens (tertiary/aromatic N) is 1. The van der Waals surface area contributed by atoms with Crippen LogP contribution in [0.15, 0.2) is 30.3 Å². The van der Waals surface area contributed by atoms with Gasteiger partial charge in [-0.25, -0.2) is 0 Å². The average Bonchev–Trinajstić information content (AvgIpc) is 2.88. The third kappa shape index (κ3) is 2.55. The molecule has 0 spiro atoms. The van der Waals surface area contributed by atoms with E-state index < -0.39 is 0 Å². The third-order valence-corrected chi connectivity index (χ3v) is 3.29. The molecule has 0 amide bonds. The van der Waals surface area contributed by atoms with Gasteiger partial charge in [0.1, 0.15) is 0 Å². The molecule has 100 valence electrons. The van der Waals surface area contributed by atoms with Crippen molar-refractivity contribution < 1.29 is 0 Å². The molecule has 1 aromatic carbocycles. The van der Waals surface area contributed by atoms with E-state index >= 15 is 0 Å². The number of benzene rings is 1. The number of anilines is 1. The lowest BCUT2D eigenvalue weighted by Crippen LogP contribution is -2.31. The lowest BCUT2D eigenvalue weighted by atomic mass is 10.2. The number of fused-ring (bicyclic) bond motifs is 1. The number of hydrogen-bond donors (Lipinski definition) is 2. The molecule has 0 aliphatic carbocycles. The number of aromatic amines is 1. The maximum atomic E-state index is 3.30. The van der Waals surface area contributed by atoms with E-state index in [-0.39, 0.29) is 0 Å². The minimum absolute atomic E-state index is 0.879. The van der Waals surface area contributed by atoms with Gasteiger partial charge in [0.15, 0.2) is 0 Å². The second-order valence-corrected chi connectivity index (χ2v) is 5.00. The summed E-state index contributed by atoms with van der Waals surface area (Å²) in [6.07, 6.45) is 4.15. The Morgan fingerprint density at radius 3 is 2.60 bits per heavy atom. The first kappa shape index (κ1) is 12.4. The van der Waals surface area contributed by atoms with E-state index in [0.29, 0.717) is 0 Å². The molecule has 0 saturated carbocycles. The second-order valence-electron chi connectivity index (χ2n) is 5.00. The van der Waals surface area contributed by atoms with Gasteiger partial charge in [-0.05, 0) is 41.5 Å². The fourth-order valence-electron chi connectivity index (χ4n) is 2.15. The van der Waals surface area contributed by atoms with Crippen molar-refractivity contribution in [2.24, 2.45) is 0 Å². The first-order valence-corrected chi connectivity index (χ1v) is 6.64. The molecule has 3 heteroatoms. The Bertz CT molecular complexity index is 750. The molecule has 2 heterocycles. The minimum atomic E-state index is 0.879. The van der Waals surface area contributed by atoms with Crippen molar-refractivity contribution in [3.63, 3.8) is 0 Å². The highest BCUT2D eigenvalue weighted by molar-refractivity contribution is 5.50. The first-order valence-electron chi connectivity index (χ1n) is 6.64. The Kier molecular flexibility index (Phi) is 3.22. The van der Waals surface area contributed by atoms with Crippen LogP contribution in [0.3, 0.4) is 0 Å². The van der Waals surface area contributed by atoms with Gasteiger partial charge >= 0.3 is 0 Å². The summed E-state index contributed by atoms with van der Waals surface area (Å²) in [6.45, 7) is 0.879. The summed E-state index contributed by atoms with van der Waals surface area (Å²) in [5.41, 5.74) is 3.15. The maximum Gasteiger partial charge on any atom is 0.0908 e. The number of nitrogens with one attached hydrogen (secondary N) is 2. The Hall–Kier alpha value is -2.60. The molecule has 0 fully saturated rings. The lowest BCUT2D eigenvalue weighted by Gasteiger charge is -2.11. The van der Waals surface area contributed by atoms with Gasteiger partial charge in [0.05, 0.1) is 11.0 Å². The summed E-state index contributed by atoms with van der Waals surface area (Å²) in [7, 11) is 4.07. The molecule has 1 aromatic heterocycles. The summed E-state index contributed by atoms with van der Waals surface area (Å²) in [5.74, 6) is 6.37. The quantitative estimate of drug-likeness (QED) is 0.738. The smallest absolute Gasteiger partial charge is 0.0908 e. The van der Waals surface area contributed by atoms with Crippen LogP contribution in [0.25, 0.3) is 12.3 Å². The SMILES string of the molecule is CN(C)c1ccc(C#Cc2cc3c([nH]2)=CNCC=3)cc1. The van der Waals surface area contributed by atoms with E-state index in [1.807, 2.05) is 32.4 Å². The number of aromatic nitrogens is 1. The second kappa shape index (κ2) is 5.18. The van der Waals surface area contributed by atoms with E-state index in [0.717, 1.165) is 23.2 Å². The molecule has 2 aromatic rings. The molecule has 1 aliphatic heterocycles. The highest BCUT2D eigenvalue weighted by Crippen LogP contribution is 2.11. The van der Waals surface area contributed by atoms with Crippen molar-refractivity contribution in [1.82, 2.24) is 10.3 Å².